The predicted octanol–water partition coefficient (Wildman–Crippen LogP) is 1.79. The molecule has 26 heavy (non-hydrogen) atoms. The number of ether oxygens (including phenoxy) is 2. The molecule has 1 heterocycles. The van der Waals surface area contributed by atoms with E-state index in [-0.39, 0.29) is 5.91 Å². The molecular formula is C18H24N2O5S. The number of carbonyl (C=O) groups excluding carboxylic acids is 2. The molecule has 2 rings (SSSR count). The van der Waals surface area contributed by atoms with Gasteiger partial charge in [-0.05, 0) is 36.1 Å². The summed E-state index contributed by atoms with van der Waals surface area (Å²) in [5.41, 5.74) is 1.80. The van der Waals surface area contributed by atoms with Gasteiger partial charge in [0, 0.05) is 12.8 Å². The number of thioether (sulfide) groups is 1. The van der Waals surface area contributed by atoms with Crippen LogP contribution in [0.5, 0.6) is 5.75 Å². The third-order valence-electron chi connectivity index (χ3n) is 3.98. The van der Waals surface area contributed by atoms with Gasteiger partial charge in [-0.2, -0.15) is 11.8 Å². The first-order valence-electron chi connectivity index (χ1n) is 8.29. The van der Waals surface area contributed by atoms with Crippen molar-refractivity contribution in [2.24, 2.45) is 5.16 Å². The summed E-state index contributed by atoms with van der Waals surface area (Å²) in [6.45, 7) is 0. The minimum absolute atomic E-state index is 0.356. The fraction of sp³-hybridized carbons (Fsp3) is 0.500. The van der Waals surface area contributed by atoms with Crippen molar-refractivity contribution in [2.45, 2.75) is 31.4 Å². The van der Waals surface area contributed by atoms with E-state index in [0.29, 0.717) is 19.3 Å². The second-order valence-electron chi connectivity index (χ2n) is 5.85. The van der Waals surface area contributed by atoms with Gasteiger partial charge in [-0.15, -0.1) is 0 Å². The summed E-state index contributed by atoms with van der Waals surface area (Å²) in [6, 6.07) is 6.99. The molecule has 2 atom stereocenters. The molecule has 0 aliphatic carbocycles. The zero-order valence-electron chi connectivity index (χ0n) is 15.2. The summed E-state index contributed by atoms with van der Waals surface area (Å²) in [7, 11) is 2.92. The van der Waals surface area contributed by atoms with Crippen LogP contribution in [0, 0.1) is 0 Å². The zero-order valence-corrected chi connectivity index (χ0v) is 16.0. The number of esters is 1. The van der Waals surface area contributed by atoms with E-state index >= 15 is 0 Å². The SMILES string of the molecule is COC(=O)C(CCSC)NC(=O)C1CC(Cc2cccc(OC)c2)=NO1. The summed E-state index contributed by atoms with van der Waals surface area (Å²) >= 11 is 1.60. The minimum Gasteiger partial charge on any atom is -0.497 e. The number of hydrogen-bond donors (Lipinski definition) is 1. The molecule has 0 fully saturated rings. The molecule has 1 amide bonds. The molecule has 142 valence electrons. The molecule has 1 aliphatic rings. The minimum atomic E-state index is -0.725. The van der Waals surface area contributed by atoms with Gasteiger partial charge in [0.25, 0.3) is 5.91 Å². The molecule has 0 saturated carbocycles. The Bertz CT molecular complexity index is 665. The second kappa shape index (κ2) is 10.1. The van der Waals surface area contributed by atoms with Crippen LogP contribution in [0.4, 0.5) is 0 Å². The number of carbonyl (C=O) groups is 2. The van der Waals surface area contributed by atoms with Crippen LogP contribution in [0.25, 0.3) is 0 Å². The third-order valence-corrected chi connectivity index (χ3v) is 4.62. The highest BCUT2D eigenvalue weighted by Crippen LogP contribution is 2.18. The molecule has 2 unspecified atom stereocenters. The van der Waals surface area contributed by atoms with Gasteiger partial charge in [-0.3, -0.25) is 4.79 Å². The first-order valence-corrected chi connectivity index (χ1v) is 9.68. The van der Waals surface area contributed by atoms with Crippen LogP contribution in [0.3, 0.4) is 0 Å². The Labute approximate surface area is 157 Å². The Morgan fingerprint density at radius 1 is 1.42 bits per heavy atom. The number of nitrogens with zero attached hydrogens (tertiary/aromatic N) is 1. The summed E-state index contributed by atoms with van der Waals surface area (Å²) < 4.78 is 9.96. The molecular weight excluding hydrogens is 356 g/mol. The lowest BCUT2D eigenvalue weighted by Crippen LogP contribution is -2.46. The number of oxime groups is 1. The van der Waals surface area contributed by atoms with Crippen molar-refractivity contribution >= 4 is 29.4 Å². The van der Waals surface area contributed by atoms with E-state index in [1.807, 2.05) is 30.5 Å². The van der Waals surface area contributed by atoms with E-state index in [2.05, 4.69) is 10.5 Å². The largest absolute Gasteiger partial charge is 0.497 e. The quantitative estimate of drug-likeness (QED) is 0.658. The van der Waals surface area contributed by atoms with E-state index in [0.717, 1.165) is 22.8 Å². The summed E-state index contributed by atoms with van der Waals surface area (Å²) in [6.07, 6.45) is 2.68. The molecule has 1 aromatic carbocycles. The molecule has 0 radical (unpaired) electrons. The number of methoxy groups -OCH3 is 2. The van der Waals surface area contributed by atoms with Gasteiger partial charge in [0.2, 0.25) is 6.10 Å². The van der Waals surface area contributed by atoms with Crippen LogP contribution >= 0.6 is 11.8 Å². The topological polar surface area (TPSA) is 86.2 Å². The molecule has 7 nitrogen and oxygen atoms in total. The van der Waals surface area contributed by atoms with Crippen LogP contribution in [0.2, 0.25) is 0 Å². The summed E-state index contributed by atoms with van der Waals surface area (Å²) in [5, 5.41) is 6.72. The highest BCUT2D eigenvalue weighted by atomic mass is 32.2. The Balaban J connectivity index is 1.89. The number of benzene rings is 1. The van der Waals surface area contributed by atoms with Crippen LogP contribution in [-0.2, 0) is 25.6 Å². The van der Waals surface area contributed by atoms with Crippen molar-refractivity contribution in [3.05, 3.63) is 29.8 Å². The number of nitrogens with one attached hydrogen (secondary N) is 1. The van der Waals surface area contributed by atoms with Crippen molar-refractivity contribution in [3.8, 4) is 5.75 Å². The van der Waals surface area contributed by atoms with Crippen molar-refractivity contribution in [1.82, 2.24) is 5.32 Å². The maximum absolute atomic E-state index is 12.4. The van der Waals surface area contributed by atoms with Crippen molar-refractivity contribution in [3.63, 3.8) is 0 Å². The van der Waals surface area contributed by atoms with Crippen LogP contribution < -0.4 is 10.1 Å². The molecule has 8 heteroatoms. The molecule has 1 aromatic rings. The Morgan fingerprint density at radius 2 is 2.23 bits per heavy atom. The van der Waals surface area contributed by atoms with Gasteiger partial charge in [0.1, 0.15) is 11.8 Å². The average molecular weight is 380 g/mol. The standard InChI is InChI=1S/C18H24N2O5S/c1-23-14-6-4-5-12(10-14)9-13-11-16(25-20-13)17(21)19-15(7-8-26-3)18(22)24-2/h4-6,10,15-16H,7-9,11H2,1-3H3,(H,19,21). The Hall–Kier alpha value is -2.22. The van der Waals surface area contributed by atoms with Gasteiger partial charge < -0.3 is 19.6 Å². The van der Waals surface area contributed by atoms with Crippen molar-refractivity contribution in [1.29, 1.82) is 0 Å². The number of hydrogen-bond acceptors (Lipinski definition) is 7. The van der Waals surface area contributed by atoms with Gasteiger partial charge in [-0.1, -0.05) is 17.3 Å². The lowest BCUT2D eigenvalue weighted by molar-refractivity contribution is -0.146. The van der Waals surface area contributed by atoms with E-state index in [9.17, 15) is 9.59 Å². The lowest BCUT2D eigenvalue weighted by atomic mass is 10.0. The first kappa shape index (κ1) is 20.1. The van der Waals surface area contributed by atoms with Gasteiger partial charge in [0.15, 0.2) is 0 Å². The predicted molar refractivity (Wildman–Crippen MR) is 101 cm³/mol. The maximum atomic E-state index is 12.4. The summed E-state index contributed by atoms with van der Waals surface area (Å²) in [4.78, 5) is 29.5. The number of amides is 1. The third kappa shape index (κ3) is 5.66. The number of rotatable bonds is 9. The monoisotopic (exact) mass is 380 g/mol. The van der Waals surface area contributed by atoms with E-state index in [1.54, 1.807) is 18.9 Å². The molecule has 1 aliphatic heterocycles. The fourth-order valence-corrected chi connectivity index (χ4v) is 3.05. The molecule has 0 spiro atoms. The maximum Gasteiger partial charge on any atom is 0.328 e. The zero-order chi connectivity index (χ0) is 18.9. The van der Waals surface area contributed by atoms with E-state index in [1.165, 1.54) is 7.11 Å². The Kier molecular flexibility index (Phi) is 7.77. The smallest absolute Gasteiger partial charge is 0.328 e. The average Bonchev–Trinajstić information content (AvgIpc) is 3.13. The normalized spacial score (nSPS) is 17.0. The lowest BCUT2D eigenvalue weighted by Gasteiger charge is -2.17. The van der Waals surface area contributed by atoms with Gasteiger partial charge in [-0.25, -0.2) is 4.79 Å². The van der Waals surface area contributed by atoms with Crippen LogP contribution in [0.1, 0.15) is 18.4 Å². The second-order valence-corrected chi connectivity index (χ2v) is 6.84. The fourth-order valence-electron chi connectivity index (χ4n) is 2.58. The molecule has 1 N–H and O–H groups in total. The first-order chi connectivity index (χ1) is 12.6. The molecule has 0 saturated heterocycles. The van der Waals surface area contributed by atoms with E-state index in [4.69, 9.17) is 14.3 Å². The highest BCUT2D eigenvalue weighted by Gasteiger charge is 2.31. The highest BCUT2D eigenvalue weighted by molar-refractivity contribution is 7.98. The van der Waals surface area contributed by atoms with Gasteiger partial charge in [0.05, 0.1) is 19.9 Å². The van der Waals surface area contributed by atoms with Crippen LogP contribution in [0.15, 0.2) is 29.4 Å². The Morgan fingerprint density at radius 3 is 2.92 bits per heavy atom. The van der Waals surface area contributed by atoms with Crippen molar-refractivity contribution < 1.29 is 23.9 Å². The van der Waals surface area contributed by atoms with Crippen molar-refractivity contribution in [2.75, 3.05) is 26.2 Å². The molecule has 0 bridgehead atoms. The van der Waals surface area contributed by atoms with Gasteiger partial charge >= 0.3 is 5.97 Å². The van der Waals surface area contributed by atoms with E-state index < -0.39 is 18.1 Å². The van der Waals surface area contributed by atoms with Crippen LogP contribution in [-0.4, -0.2) is 56.0 Å². The molecule has 0 aromatic heterocycles. The summed E-state index contributed by atoms with van der Waals surface area (Å²) in [5.74, 6) is 0.697.